The van der Waals surface area contributed by atoms with Crippen LogP contribution >= 0.6 is 0 Å². The molecule has 0 amide bonds. The van der Waals surface area contributed by atoms with Crippen molar-refractivity contribution in [3.05, 3.63) is 0 Å². The molecule has 0 saturated carbocycles. The molecular weight excluding hydrogens is 172 g/mol. The molecule has 0 rings (SSSR count). The van der Waals surface area contributed by atoms with Gasteiger partial charge in [0.05, 0.1) is 0 Å². The Morgan fingerprint density at radius 2 is 1.21 bits per heavy atom. The first-order valence-electron chi connectivity index (χ1n) is 6.04. The summed E-state index contributed by atoms with van der Waals surface area (Å²) >= 11 is 0. The molecule has 0 unspecified atom stereocenters. The second-order valence-corrected chi connectivity index (χ2v) is 5.11. The average molecular weight is 198 g/mol. The third kappa shape index (κ3) is 9.76. The Labute approximate surface area is 89.3 Å². The first-order chi connectivity index (χ1) is 6.52. The lowest BCUT2D eigenvalue weighted by Gasteiger charge is -2.05. The molecule has 84 valence electrons. The van der Waals surface area contributed by atoms with E-state index < -0.39 is 0 Å². The largest absolute Gasteiger partial charge is 0.300 e. The first-order valence-corrected chi connectivity index (χ1v) is 6.04. The van der Waals surface area contributed by atoms with Gasteiger partial charge in [0.25, 0.3) is 0 Å². The van der Waals surface area contributed by atoms with Crippen molar-refractivity contribution in [2.75, 3.05) is 0 Å². The van der Waals surface area contributed by atoms with Crippen LogP contribution in [0.1, 0.15) is 66.2 Å². The molecule has 0 aromatic rings. The molecule has 1 heteroatoms. The Bertz CT molecular complexity index is 131. The van der Waals surface area contributed by atoms with Gasteiger partial charge < -0.3 is 0 Å². The van der Waals surface area contributed by atoms with Crippen LogP contribution in [0.2, 0.25) is 0 Å². The van der Waals surface area contributed by atoms with Crippen LogP contribution in [0, 0.1) is 11.8 Å². The Balaban J connectivity index is 3.28. The SMILES string of the molecule is CC(C)CCCC(=O)CCCC(C)C. The highest BCUT2D eigenvalue weighted by Gasteiger charge is 2.03. The van der Waals surface area contributed by atoms with Gasteiger partial charge >= 0.3 is 0 Å². The van der Waals surface area contributed by atoms with Crippen molar-refractivity contribution in [3.8, 4) is 0 Å². The molecule has 0 saturated heterocycles. The molecule has 0 heterocycles. The van der Waals surface area contributed by atoms with Gasteiger partial charge in [-0.1, -0.05) is 40.5 Å². The summed E-state index contributed by atoms with van der Waals surface area (Å²) in [6.07, 6.45) is 6.15. The van der Waals surface area contributed by atoms with E-state index in [2.05, 4.69) is 27.7 Å². The molecule has 0 aliphatic rings. The highest BCUT2D eigenvalue weighted by Crippen LogP contribution is 2.11. The zero-order valence-corrected chi connectivity index (χ0v) is 10.3. The van der Waals surface area contributed by atoms with E-state index in [1.165, 1.54) is 12.8 Å². The van der Waals surface area contributed by atoms with Gasteiger partial charge in [0.15, 0.2) is 0 Å². The predicted molar refractivity (Wildman–Crippen MR) is 62.4 cm³/mol. The van der Waals surface area contributed by atoms with E-state index in [4.69, 9.17) is 0 Å². The van der Waals surface area contributed by atoms with Crippen LogP contribution in [0.15, 0.2) is 0 Å². The topological polar surface area (TPSA) is 17.1 Å². The fraction of sp³-hybridized carbons (Fsp3) is 0.923. The zero-order chi connectivity index (χ0) is 11.0. The maximum absolute atomic E-state index is 11.4. The molecule has 0 spiro atoms. The highest BCUT2D eigenvalue weighted by molar-refractivity contribution is 5.78. The van der Waals surface area contributed by atoms with Gasteiger partial charge in [-0.25, -0.2) is 0 Å². The lowest BCUT2D eigenvalue weighted by Crippen LogP contribution is -2.00. The van der Waals surface area contributed by atoms with E-state index in [1.54, 1.807) is 0 Å². The number of ketones is 1. The van der Waals surface area contributed by atoms with E-state index in [-0.39, 0.29) is 0 Å². The van der Waals surface area contributed by atoms with Gasteiger partial charge in [0, 0.05) is 12.8 Å². The molecular formula is C13H26O. The molecule has 0 fully saturated rings. The predicted octanol–water partition coefficient (Wildman–Crippen LogP) is 4.21. The summed E-state index contributed by atoms with van der Waals surface area (Å²) in [6, 6.07) is 0. The van der Waals surface area contributed by atoms with Gasteiger partial charge in [0.1, 0.15) is 5.78 Å². The summed E-state index contributed by atoms with van der Waals surface area (Å²) in [5.41, 5.74) is 0. The van der Waals surface area contributed by atoms with E-state index >= 15 is 0 Å². The van der Waals surface area contributed by atoms with E-state index in [0.717, 1.165) is 37.5 Å². The van der Waals surface area contributed by atoms with Gasteiger partial charge in [-0.15, -0.1) is 0 Å². The molecule has 0 N–H and O–H groups in total. The fourth-order valence-corrected chi connectivity index (χ4v) is 1.54. The molecule has 0 atom stereocenters. The summed E-state index contributed by atoms with van der Waals surface area (Å²) in [7, 11) is 0. The van der Waals surface area contributed by atoms with E-state index in [0.29, 0.717) is 5.78 Å². The van der Waals surface area contributed by atoms with Gasteiger partial charge in [-0.05, 0) is 24.7 Å². The van der Waals surface area contributed by atoms with Crippen molar-refractivity contribution in [2.45, 2.75) is 66.2 Å². The molecule has 1 nitrogen and oxygen atoms in total. The van der Waals surface area contributed by atoms with Gasteiger partial charge in [-0.3, -0.25) is 4.79 Å². The van der Waals surface area contributed by atoms with E-state index in [9.17, 15) is 4.79 Å². The molecule has 0 aliphatic heterocycles. The zero-order valence-electron chi connectivity index (χ0n) is 10.3. The average Bonchev–Trinajstić information content (AvgIpc) is 2.02. The van der Waals surface area contributed by atoms with Gasteiger partial charge in [-0.2, -0.15) is 0 Å². The molecule has 0 aliphatic carbocycles. The molecule has 14 heavy (non-hydrogen) atoms. The van der Waals surface area contributed by atoms with Crippen LogP contribution < -0.4 is 0 Å². The van der Waals surface area contributed by atoms with Crippen LogP contribution in [-0.4, -0.2) is 5.78 Å². The quantitative estimate of drug-likeness (QED) is 0.571. The number of hydrogen-bond acceptors (Lipinski definition) is 1. The summed E-state index contributed by atoms with van der Waals surface area (Å²) in [6.45, 7) is 8.85. The number of carbonyl (C=O) groups is 1. The second kappa shape index (κ2) is 8.02. The normalized spacial score (nSPS) is 11.3. The minimum absolute atomic E-state index is 0.464. The third-order valence-corrected chi connectivity index (χ3v) is 2.47. The lowest BCUT2D eigenvalue weighted by atomic mass is 10.0. The lowest BCUT2D eigenvalue weighted by molar-refractivity contribution is -0.119. The van der Waals surface area contributed by atoms with Crippen molar-refractivity contribution in [3.63, 3.8) is 0 Å². The van der Waals surface area contributed by atoms with Crippen LogP contribution in [0.25, 0.3) is 0 Å². The van der Waals surface area contributed by atoms with Crippen LogP contribution in [0.3, 0.4) is 0 Å². The Morgan fingerprint density at radius 3 is 1.50 bits per heavy atom. The Hall–Kier alpha value is -0.330. The minimum atomic E-state index is 0.464. The standard InChI is InChI=1S/C13H26O/c1-11(2)7-5-9-13(14)10-6-8-12(3)4/h11-12H,5-10H2,1-4H3. The van der Waals surface area contributed by atoms with Crippen molar-refractivity contribution in [1.29, 1.82) is 0 Å². The maximum Gasteiger partial charge on any atom is 0.132 e. The summed E-state index contributed by atoms with van der Waals surface area (Å²) in [5, 5.41) is 0. The minimum Gasteiger partial charge on any atom is -0.300 e. The second-order valence-electron chi connectivity index (χ2n) is 5.11. The summed E-state index contributed by atoms with van der Waals surface area (Å²) < 4.78 is 0. The molecule has 0 aromatic heterocycles. The van der Waals surface area contributed by atoms with Crippen molar-refractivity contribution >= 4 is 5.78 Å². The number of Topliss-reactive ketones (excluding diaryl/α,β-unsaturated/α-hetero) is 1. The van der Waals surface area contributed by atoms with E-state index in [1.807, 2.05) is 0 Å². The Morgan fingerprint density at radius 1 is 0.857 bits per heavy atom. The number of rotatable bonds is 8. The summed E-state index contributed by atoms with van der Waals surface area (Å²) in [5.74, 6) is 1.93. The van der Waals surface area contributed by atoms with Crippen molar-refractivity contribution < 1.29 is 4.79 Å². The van der Waals surface area contributed by atoms with Crippen LogP contribution in [-0.2, 0) is 4.79 Å². The maximum atomic E-state index is 11.4. The van der Waals surface area contributed by atoms with Gasteiger partial charge in [0.2, 0.25) is 0 Å². The van der Waals surface area contributed by atoms with Crippen molar-refractivity contribution in [1.82, 2.24) is 0 Å². The highest BCUT2D eigenvalue weighted by atomic mass is 16.1. The summed E-state index contributed by atoms with van der Waals surface area (Å²) in [4.78, 5) is 11.4. The molecule has 0 aromatic carbocycles. The first kappa shape index (κ1) is 13.7. The smallest absolute Gasteiger partial charge is 0.132 e. The molecule has 0 bridgehead atoms. The monoisotopic (exact) mass is 198 g/mol. The van der Waals surface area contributed by atoms with Crippen molar-refractivity contribution in [2.24, 2.45) is 11.8 Å². The molecule has 0 radical (unpaired) electrons. The Kier molecular flexibility index (Phi) is 7.83. The van der Waals surface area contributed by atoms with Crippen LogP contribution in [0.5, 0.6) is 0 Å². The third-order valence-electron chi connectivity index (χ3n) is 2.47. The fourth-order valence-electron chi connectivity index (χ4n) is 1.54. The number of carbonyl (C=O) groups excluding carboxylic acids is 1. The number of hydrogen-bond donors (Lipinski definition) is 0. The van der Waals surface area contributed by atoms with Crippen LogP contribution in [0.4, 0.5) is 0 Å².